The third kappa shape index (κ3) is 9.02. The van der Waals surface area contributed by atoms with Gasteiger partial charge in [-0.3, -0.25) is 14.6 Å². The number of carbonyl (C=O) groups is 2. The molecule has 1 aromatic rings. The lowest BCUT2D eigenvalue weighted by atomic mass is 10.1. The number of benzene rings is 1. The number of nitrogens with one attached hydrogen (secondary N) is 3. The van der Waals surface area contributed by atoms with Crippen LogP contribution in [-0.4, -0.2) is 55.9 Å². The van der Waals surface area contributed by atoms with Gasteiger partial charge in [-0.2, -0.15) is 0 Å². The van der Waals surface area contributed by atoms with Gasteiger partial charge < -0.3 is 20.9 Å². The molecule has 26 heavy (non-hydrogen) atoms. The van der Waals surface area contributed by atoms with Crippen LogP contribution >= 0.6 is 24.0 Å². The summed E-state index contributed by atoms with van der Waals surface area (Å²) < 4.78 is 0. The average molecular weight is 475 g/mol. The van der Waals surface area contributed by atoms with Gasteiger partial charge in [-0.25, -0.2) is 0 Å². The Balaban J connectivity index is 0.00000625. The number of guanidine groups is 1. The maximum Gasteiger partial charge on any atom is 0.253 e. The molecule has 0 radical (unpaired) electrons. The second kappa shape index (κ2) is 11.0. The Morgan fingerprint density at radius 2 is 1.65 bits per heavy atom. The molecule has 8 heteroatoms. The molecule has 0 saturated carbocycles. The van der Waals surface area contributed by atoms with Gasteiger partial charge in [0.05, 0.1) is 6.54 Å². The molecule has 0 aliphatic carbocycles. The molecule has 146 valence electrons. The summed E-state index contributed by atoms with van der Waals surface area (Å²) in [5.74, 6) is 0.418. The molecule has 1 rings (SSSR count). The fourth-order valence-electron chi connectivity index (χ4n) is 2.06. The highest BCUT2D eigenvalue weighted by atomic mass is 127. The van der Waals surface area contributed by atoms with E-state index in [1.54, 1.807) is 38.2 Å². The van der Waals surface area contributed by atoms with Crippen molar-refractivity contribution in [2.75, 3.05) is 27.7 Å². The van der Waals surface area contributed by atoms with Crippen LogP contribution in [0.4, 0.5) is 0 Å². The lowest BCUT2D eigenvalue weighted by Gasteiger charge is -2.21. The monoisotopic (exact) mass is 475 g/mol. The Hall–Kier alpha value is -1.84. The molecule has 0 fully saturated rings. The lowest BCUT2D eigenvalue weighted by molar-refractivity contribution is -0.121. The van der Waals surface area contributed by atoms with Crippen molar-refractivity contribution in [3.05, 3.63) is 35.4 Å². The average Bonchev–Trinajstić information content (AvgIpc) is 2.53. The topological polar surface area (TPSA) is 85.8 Å². The van der Waals surface area contributed by atoms with Crippen LogP contribution in [0.5, 0.6) is 0 Å². The van der Waals surface area contributed by atoms with Gasteiger partial charge in [0.25, 0.3) is 5.91 Å². The fourth-order valence-corrected chi connectivity index (χ4v) is 2.06. The highest BCUT2D eigenvalue weighted by Crippen LogP contribution is 2.06. The number of hydrogen-bond donors (Lipinski definition) is 3. The van der Waals surface area contributed by atoms with Gasteiger partial charge in [-0.05, 0) is 38.5 Å². The summed E-state index contributed by atoms with van der Waals surface area (Å²) in [4.78, 5) is 29.3. The van der Waals surface area contributed by atoms with Gasteiger partial charge >= 0.3 is 0 Å². The predicted octanol–water partition coefficient (Wildman–Crippen LogP) is 1.59. The first kappa shape index (κ1) is 24.2. The first-order chi connectivity index (χ1) is 11.6. The molecule has 3 N–H and O–H groups in total. The van der Waals surface area contributed by atoms with E-state index >= 15 is 0 Å². The second-order valence-electron chi connectivity index (χ2n) is 6.97. The zero-order valence-corrected chi connectivity index (χ0v) is 18.7. The molecule has 0 unspecified atom stereocenters. The Morgan fingerprint density at radius 1 is 1.08 bits per heavy atom. The standard InChI is InChI=1S/C18H29N5O2.HI/c1-18(2,3)22-15(24)12-21-17(19-4)20-11-13-7-9-14(10-8-13)16(25)23(5)6;/h7-10H,11-12H2,1-6H3,(H,22,24)(H2,19,20,21);1H. The van der Waals surface area contributed by atoms with E-state index in [0.717, 1.165) is 5.56 Å². The number of nitrogens with zero attached hydrogens (tertiary/aromatic N) is 2. The van der Waals surface area contributed by atoms with Crippen molar-refractivity contribution < 1.29 is 9.59 Å². The zero-order valence-electron chi connectivity index (χ0n) is 16.3. The molecule has 0 atom stereocenters. The number of amides is 2. The van der Waals surface area contributed by atoms with Crippen LogP contribution in [0.1, 0.15) is 36.7 Å². The van der Waals surface area contributed by atoms with Crippen LogP contribution in [0.3, 0.4) is 0 Å². The van der Waals surface area contributed by atoms with Crippen LogP contribution in [-0.2, 0) is 11.3 Å². The largest absolute Gasteiger partial charge is 0.352 e. The molecule has 0 saturated heterocycles. The van der Waals surface area contributed by atoms with Crippen LogP contribution in [0.15, 0.2) is 29.3 Å². The van der Waals surface area contributed by atoms with Gasteiger partial charge in [0.2, 0.25) is 5.91 Å². The van der Waals surface area contributed by atoms with E-state index < -0.39 is 0 Å². The highest BCUT2D eigenvalue weighted by molar-refractivity contribution is 14.0. The van der Waals surface area contributed by atoms with Gasteiger partial charge in [0.15, 0.2) is 5.96 Å². The lowest BCUT2D eigenvalue weighted by Crippen LogP contribution is -2.48. The molecule has 7 nitrogen and oxygen atoms in total. The molecule has 0 aliphatic rings. The van der Waals surface area contributed by atoms with Crippen LogP contribution in [0.25, 0.3) is 0 Å². The molecule has 0 bridgehead atoms. The third-order valence-corrected chi connectivity index (χ3v) is 3.22. The summed E-state index contributed by atoms with van der Waals surface area (Å²) in [6.07, 6.45) is 0. The van der Waals surface area contributed by atoms with E-state index in [0.29, 0.717) is 18.1 Å². The van der Waals surface area contributed by atoms with Gasteiger partial charge in [0, 0.05) is 38.8 Å². The van der Waals surface area contributed by atoms with Crippen molar-refractivity contribution in [1.82, 2.24) is 20.9 Å². The Kier molecular flexibility index (Phi) is 10.2. The maximum atomic E-state index is 11.9. The summed E-state index contributed by atoms with van der Waals surface area (Å²) in [6, 6.07) is 7.38. The second-order valence-corrected chi connectivity index (χ2v) is 6.97. The summed E-state index contributed by atoms with van der Waals surface area (Å²) in [6.45, 7) is 6.48. The third-order valence-electron chi connectivity index (χ3n) is 3.22. The zero-order chi connectivity index (χ0) is 19.0. The smallest absolute Gasteiger partial charge is 0.253 e. The van der Waals surface area contributed by atoms with Crippen molar-refractivity contribution in [1.29, 1.82) is 0 Å². The SMILES string of the molecule is CN=C(NCC(=O)NC(C)(C)C)NCc1ccc(C(=O)N(C)C)cc1.I. The van der Waals surface area contributed by atoms with Crippen LogP contribution in [0, 0.1) is 0 Å². The molecule has 2 amide bonds. The Morgan fingerprint density at radius 3 is 2.12 bits per heavy atom. The van der Waals surface area contributed by atoms with Crippen molar-refractivity contribution in [3.8, 4) is 0 Å². The van der Waals surface area contributed by atoms with E-state index in [4.69, 9.17) is 0 Å². The van der Waals surface area contributed by atoms with Crippen molar-refractivity contribution >= 4 is 41.8 Å². The van der Waals surface area contributed by atoms with Crippen LogP contribution < -0.4 is 16.0 Å². The van der Waals surface area contributed by atoms with Gasteiger partial charge in [-0.1, -0.05) is 12.1 Å². The summed E-state index contributed by atoms with van der Waals surface area (Å²) in [5, 5.41) is 8.99. The predicted molar refractivity (Wildman–Crippen MR) is 116 cm³/mol. The molecule has 0 heterocycles. The minimum Gasteiger partial charge on any atom is -0.352 e. The summed E-state index contributed by atoms with van der Waals surface area (Å²) in [7, 11) is 5.10. The first-order valence-electron chi connectivity index (χ1n) is 8.18. The molecule has 1 aromatic carbocycles. The quantitative estimate of drug-likeness (QED) is 0.343. The number of carbonyl (C=O) groups excluding carboxylic acids is 2. The minimum absolute atomic E-state index is 0. The Bertz CT molecular complexity index is 621. The number of aliphatic imine (C=N–C) groups is 1. The molecule has 0 aromatic heterocycles. The molecule has 0 aliphatic heterocycles. The Labute approximate surface area is 173 Å². The van der Waals surface area contributed by atoms with Gasteiger partial charge in [0.1, 0.15) is 0 Å². The van der Waals surface area contributed by atoms with E-state index in [2.05, 4.69) is 20.9 Å². The summed E-state index contributed by atoms with van der Waals surface area (Å²) >= 11 is 0. The number of halogens is 1. The van der Waals surface area contributed by atoms with Crippen molar-refractivity contribution in [3.63, 3.8) is 0 Å². The van der Waals surface area contributed by atoms with Crippen molar-refractivity contribution in [2.45, 2.75) is 32.9 Å². The van der Waals surface area contributed by atoms with Crippen molar-refractivity contribution in [2.24, 2.45) is 4.99 Å². The molecular weight excluding hydrogens is 445 g/mol. The molecule has 0 spiro atoms. The number of hydrogen-bond acceptors (Lipinski definition) is 3. The van der Waals surface area contributed by atoms with E-state index in [1.807, 2.05) is 32.9 Å². The minimum atomic E-state index is -0.262. The fraction of sp³-hybridized carbons (Fsp3) is 0.500. The van der Waals surface area contributed by atoms with E-state index in [9.17, 15) is 9.59 Å². The first-order valence-corrected chi connectivity index (χ1v) is 8.18. The molecular formula is C18H30IN5O2. The highest BCUT2D eigenvalue weighted by Gasteiger charge is 2.13. The summed E-state index contributed by atoms with van der Waals surface area (Å²) in [5.41, 5.74) is 1.40. The van der Waals surface area contributed by atoms with Gasteiger partial charge in [-0.15, -0.1) is 24.0 Å². The van der Waals surface area contributed by atoms with Crippen LogP contribution in [0.2, 0.25) is 0 Å². The number of rotatable bonds is 5. The van der Waals surface area contributed by atoms with E-state index in [1.165, 1.54) is 0 Å². The van der Waals surface area contributed by atoms with E-state index in [-0.39, 0.29) is 47.9 Å². The normalized spacial score (nSPS) is 11.2. The maximum absolute atomic E-state index is 11.9.